The van der Waals surface area contributed by atoms with Gasteiger partial charge >= 0.3 is 5.97 Å². The highest BCUT2D eigenvalue weighted by atomic mass is 32.2. The second kappa shape index (κ2) is 3.42. The first-order chi connectivity index (χ1) is 6.11. The van der Waals surface area contributed by atoms with Gasteiger partial charge in [0.2, 0.25) is 1.43 Å². The van der Waals surface area contributed by atoms with Gasteiger partial charge in [-0.3, -0.25) is 0 Å². The van der Waals surface area contributed by atoms with Crippen LogP contribution in [0.3, 0.4) is 0 Å². The van der Waals surface area contributed by atoms with Gasteiger partial charge in [-0.1, -0.05) is 0 Å². The van der Waals surface area contributed by atoms with Crippen LogP contribution in [0.25, 0.3) is 0 Å². The molecule has 1 aliphatic rings. The Balaban J connectivity index is 2.72. The van der Waals surface area contributed by atoms with Crippen LogP contribution in [0.4, 0.5) is 0 Å². The summed E-state index contributed by atoms with van der Waals surface area (Å²) >= 11 is 1.24. The van der Waals surface area contributed by atoms with Crippen molar-refractivity contribution in [1.29, 1.82) is 1.43 Å². The van der Waals surface area contributed by atoms with E-state index >= 15 is 0 Å². The molecule has 2 N–H and O–H groups in total. The minimum absolute atomic E-state index is 0.531. The molecule has 11 heavy (non-hydrogen) atoms. The van der Waals surface area contributed by atoms with Gasteiger partial charge in [0.1, 0.15) is 5.44 Å². The first-order valence-corrected chi connectivity index (χ1v) is 4.36. The number of carboxylic acids is 1. The van der Waals surface area contributed by atoms with E-state index < -0.39 is 30.0 Å². The van der Waals surface area contributed by atoms with Gasteiger partial charge in [-0.05, 0) is 6.26 Å². The molecule has 0 saturated carbocycles. The summed E-state index contributed by atoms with van der Waals surface area (Å²) < 4.78 is 19.2. The van der Waals surface area contributed by atoms with Crippen LogP contribution in [0.15, 0.2) is 0 Å². The van der Waals surface area contributed by atoms with Crippen LogP contribution in [0, 0.1) is 0 Å². The van der Waals surface area contributed by atoms with E-state index in [0.717, 1.165) is 0 Å². The van der Waals surface area contributed by atoms with E-state index in [9.17, 15) is 4.79 Å². The number of carbonyl (C=O) groups is 1. The van der Waals surface area contributed by atoms with E-state index in [1.54, 1.807) is 6.26 Å². The van der Waals surface area contributed by atoms with Crippen molar-refractivity contribution < 1.29 is 21.1 Å². The zero-order valence-electron chi connectivity index (χ0n) is 7.89. The predicted molar refractivity (Wildman–Crippen MR) is 40.4 cm³/mol. The van der Waals surface area contributed by atoms with E-state index in [1.165, 1.54) is 11.8 Å². The number of rotatable bonds is 3. The van der Waals surface area contributed by atoms with Gasteiger partial charge in [0.05, 0.1) is 6.10 Å². The van der Waals surface area contributed by atoms with Crippen LogP contribution in [0.2, 0.25) is 0 Å². The monoisotopic (exact) mass is 180 g/mol. The molecule has 1 saturated heterocycles. The van der Waals surface area contributed by atoms with E-state index in [4.69, 9.17) is 12.6 Å². The quantitative estimate of drug-likeness (QED) is 0.635. The molecule has 0 amide bonds. The maximum absolute atomic E-state index is 10.6. The Hall–Kier alpha value is -0.260. The number of ether oxygens (including phenoxy) is 1. The van der Waals surface area contributed by atoms with Crippen LogP contribution in [-0.2, 0) is 9.53 Å². The minimum Gasteiger partial charge on any atom is -0.479 e. The zero-order valence-corrected chi connectivity index (χ0v) is 6.71. The Labute approximate surface area is 71.4 Å². The molecule has 0 spiro atoms. The highest BCUT2D eigenvalue weighted by Gasteiger charge is 2.38. The van der Waals surface area contributed by atoms with Crippen LogP contribution in [-0.4, -0.2) is 41.5 Å². The maximum Gasteiger partial charge on any atom is 0.335 e. The molecule has 4 atom stereocenters. The first-order valence-electron chi connectivity index (χ1n) is 4.05. The Morgan fingerprint density at radius 1 is 2.00 bits per heavy atom. The Morgan fingerprint density at radius 2 is 2.73 bits per heavy atom. The Bertz CT molecular complexity index is 203. The molecule has 5 heteroatoms. The van der Waals surface area contributed by atoms with E-state index in [2.05, 4.69) is 5.11 Å². The smallest absolute Gasteiger partial charge is 0.335 e. The third-order valence-electron chi connectivity index (χ3n) is 1.40. The first kappa shape index (κ1) is 6.28. The van der Waals surface area contributed by atoms with Gasteiger partial charge in [-0.25, -0.2) is 4.79 Å². The number of hydrogen-bond acceptors (Lipinski definition) is 4. The Kier molecular flexibility index (Phi) is 1.95. The van der Waals surface area contributed by atoms with Crippen LogP contribution in [0.5, 0.6) is 0 Å². The summed E-state index contributed by atoms with van der Waals surface area (Å²) in [6.07, 6.45) is -1.31. The largest absolute Gasteiger partial charge is 0.479 e. The van der Waals surface area contributed by atoms with Gasteiger partial charge in [-0.15, -0.1) is 11.8 Å². The number of hydrogen-bond donors (Lipinski definition) is 2. The normalized spacial score (nSPS) is 46.6. The summed E-state index contributed by atoms with van der Waals surface area (Å²) in [4.78, 5) is 10.6. The topological polar surface area (TPSA) is 66.8 Å². The molecule has 1 fully saturated rings. The molecule has 1 heterocycles. The van der Waals surface area contributed by atoms with Crippen molar-refractivity contribution in [1.82, 2.24) is 0 Å². The third-order valence-corrected chi connectivity index (χ3v) is 2.13. The van der Waals surface area contributed by atoms with Crippen molar-refractivity contribution in [2.24, 2.45) is 0 Å². The molecular weight excluding hydrogens is 168 g/mol. The average molecular weight is 180 g/mol. The molecule has 1 rings (SSSR count). The van der Waals surface area contributed by atoms with Crippen molar-refractivity contribution in [3.63, 3.8) is 0 Å². The minimum atomic E-state index is -1.20. The summed E-state index contributed by atoms with van der Waals surface area (Å²) in [6.45, 7) is 0. The fourth-order valence-corrected chi connectivity index (χ4v) is 1.40. The van der Waals surface area contributed by atoms with Gasteiger partial charge in [0, 0.05) is 7.77 Å². The maximum atomic E-state index is 10.6. The lowest BCUT2D eigenvalue weighted by atomic mass is 10.2. The van der Waals surface area contributed by atoms with Gasteiger partial charge in [0.15, 0.2) is 6.10 Å². The fraction of sp³-hybridized carbons (Fsp3) is 0.833. The molecule has 1 aliphatic heterocycles. The number of aliphatic hydroxyl groups excluding tert-OH is 1. The molecule has 0 aromatic rings. The molecule has 0 radical (unpaired) electrons. The standard InChI is InChI=1S/C6H10O4S/c1-11-4-2-3(7)5(10-4)6(8)9/h3-5,7H,2H2,1H3,(H,8,9)/i2D,7D. The second-order valence-corrected chi connectivity index (χ2v) is 3.09. The summed E-state index contributed by atoms with van der Waals surface area (Å²) in [5.41, 5.74) is -0.531. The lowest BCUT2D eigenvalue weighted by Crippen LogP contribution is -2.29. The molecule has 4 unspecified atom stereocenters. The van der Waals surface area contributed by atoms with Crippen LogP contribution >= 0.6 is 11.8 Å². The van der Waals surface area contributed by atoms with E-state index in [1.807, 2.05) is 0 Å². The van der Waals surface area contributed by atoms with Crippen molar-refractivity contribution in [2.75, 3.05) is 6.26 Å². The fourth-order valence-electron chi connectivity index (χ4n) is 0.856. The highest BCUT2D eigenvalue weighted by molar-refractivity contribution is 7.99. The van der Waals surface area contributed by atoms with Crippen molar-refractivity contribution in [3.8, 4) is 0 Å². The SMILES string of the molecule is [2H]OC1C(C(=O)O)OC(SC)C1[2H]. The highest BCUT2D eigenvalue weighted by Crippen LogP contribution is 2.26. The molecule has 0 aromatic heterocycles. The molecule has 0 bridgehead atoms. The van der Waals surface area contributed by atoms with E-state index in [0.29, 0.717) is 0 Å². The predicted octanol–water partition coefficient (Wildman–Crippen LogP) is -0.0901. The average Bonchev–Trinajstić information content (AvgIpc) is 2.42. The number of carboxylic acid groups (broad SMARTS) is 1. The summed E-state index contributed by atoms with van der Waals surface area (Å²) in [7, 11) is 0. The molecule has 0 aromatic carbocycles. The molecule has 4 nitrogen and oxygen atoms in total. The molecular formula is C6H10O4S. The summed E-state index contributed by atoms with van der Waals surface area (Å²) in [6, 6.07) is 0. The van der Waals surface area contributed by atoms with Crippen molar-refractivity contribution in [3.05, 3.63) is 0 Å². The van der Waals surface area contributed by atoms with Crippen LogP contribution in [0.1, 0.15) is 7.77 Å². The summed E-state index contributed by atoms with van der Waals surface area (Å²) in [5.74, 6) is -1.19. The number of aliphatic hydroxyl groups is 1. The second-order valence-electron chi connectivity index (χ2n) is 2.16. The lowest BCUT2D eigenvalue weighted by Gasteiger charge is -2.07. The number of thioether (sulfide) groups is 1. The summed E-state index contributed by atoms with van der Waals surface area (Å²) in [5, 5.41) is 12.8. The van der Waals surface area contributed by atoms with Crippen molar-refractivity contribution in [2.45, 2.75) is 24.0 Å². The lowest BCUT2D eigenvalue weighted by molar-refractivity contribution is -0.151. The molecule has 64 valence electrons. The van der Waals surface area contributed by atoms with Gasteiger partial charge < -0.3 is 15.0 Å². The number of aliphatic carboxylic acids is 1. The van der Waals surface area contributed by atoms with Crippen LogP contribution < -0.4 is 0 Å². The van der Waals surface area contributed by atoms with Gasteiger partial charge in [0.25, 0.3) is 0 Å². The van der Waals surface area contributed by atoms with Crippen molar-refractivity contribution >= 4 is 17.7 Å². The third kappa shape index (κ3) is 1.85. The molecule has 0 aliphatic carbocycles. The zero-order chi connectivity index (χ0) is 10.0. The van der Waals surface area contributed by atoms with E-state index in [-0.39, 0.29) is 0 Å². The Morgan fingerprint density at radius 3 is 3.09 bits per heavy atom. The van der Waals surface area contributed by atoms with Gasteiger partial charge in [-0.2, -0.15) is 0 Å².